The molecule has 0 spiro atoms. The fraction of sp³-hybridized carbons (Fsp3) is 0.538. The normalized spacial score (nSPS) is 30.3. The minimum absolute atomic E-state index is 0.0986. The molecule has 0 radical (unpaired) electrons. The van der Waals surface area contributed by atoms with Crippen molar-refractivity contribution in [3.8, 4) is 11.5 Å². The fourth-order valence-corrected chi connectivity index (χ4v) is 4.81. The third-order valence-corrected chi connectivity index (χ3v) is 8.17. The van der Waals surface area contributed by atoms with E-state index < -0.39 is 33.4 Å². The zero-order valence-corrected chi connectivity index (χ0v) is 21.5. The second-order valence-corrected chi connectivity index (χ2v) is 11.4. The highest BCUT2D eigenvalue weighted by molar-refractivity contribution is 6.44. The Morgan fingerprint density at radius 2 is 1.79 bits per heavy atom. The van der Waals surface area contributed by atoms with Crippen LogP contribution in [0.25, 0.3) is 0 Å². The molecule has 2 N–H and O–H groups in total. The Hall–Kier alpha value is -1.82. The van der Waals surface area contributed by atoms with Gasteiger partial charge in [-0.3, -0.25) is 9.59 Å². The Labute approximate surface area is 205 Å². The maximum absolute atomic E-state index is 13.7. The molecule has 3 atom stereocenters. The van der Waals surface area contributed by atoms with Gasteiger partial charge in [0.1, 0.15) is 22.0 Å². The van der Waals surface area contributed by atoms with Crippen molar-refractivity contribution in [2.24, 2.45) is 0 Å². The van der Waals surface area contributed by atoms with Crippen LogP contribution in [-0.2, 0) is 0 Å². The van der Waals surface area contributed by atoms with Gasteiger partial charge in [0.25, 0.3) is 0 Å². The van der Waals surface area contributed by atoms with Gasteiger partial charge in [0.2, 0.25) is 0 Å². The first-order valence-electron chi connectivity index (χ1n) is 11.1. The number of halogens is 2. The first-order valence-corrected chi connectivity index (χ1v) is 11.9. The van der Waals surface area contributed by atoms with Crippen molar-refractivity contribution in [3.63, 3.8) is 0 Å². The van der Waals surface area contributed by atoms with Crippen molar-refractivity contribution in [1.82, 2.24) is 0 Å². The highest BCUT2D eigenvalue weighted by atomic mass is 35.5. The highest BCUT2D eigenvalue weighted by Crippen LogP contribution is 2.48. The summed E-state index contributed by atoms with van der Waals surface area (Å²) < 4.78 is 6.09. The molecule has 0 aromatic heterocycles. The monoisotopic (exact) mass is 494 g/mol. The van der Waals surface area contributed by atoms with Gasteiger partial charge >= 0.3 is 0 Å². The lowest BCUT2D eigenvalue weighted by molar-refractivity contribution is 0.00869. The van der Waals surface area contributed by atoms with Crippen LogP contribution in [0.5, 0.6) is 11.5 Å². The summed E-state index contributed by atoms with van der Waals surface area (Å²) in [6, 6.07) is 2.68. The molecule has 33 heavy (non-hydrogen) atoms. The second-order valence-electron chi connectivity index (χ2n) is 10.1. The summed E-state index contributed by atoms with van der Waals surface area (Å²) in [6.45, 7) is 10.8. The number of carbonyl (C=O) groups is 2. The van der Waals surface area contributed by atoms with Crippen LogP contribution in [0.3, 0.4) is 0 Å². The summed E-state index contributed by atoms with van der Waals surface area (Å²) in [5.41, 5.74) is -0.442. The third-order valence-electron chi connectivity index (χ3n) is 6.94. The smallest absolute Gasteiger partial charge is 0.197 e. The molecule has 3 rings (SSSR count). The van der Waals surface area contributed by atoms with Gasteiger partial charge in [-0.1, -0.05) is 22.8 Å². The Kier molecular flexibility index (Phi) is 6.84. The lowest BCUT2D eigenvalue weighted by Gasteiger charge is -2.43. The Morgan fingerprint density at radius 1 is 1.15 bits per heavy atom. The molecule has 1 aliphatic carbocycles. The molecule has 0 saturated heterocycles. The van der Waals surface area contributed by atoms with Gasteiger partial charge in [-0.25, -0.2) is 0 Å². The van der Waals surface area contributed by atoms with Gasteiger partial charge in [0.15, 0.2) is 17.2 Å². The minimum Gasteiger partial charge on any atom is -0.507 e. The molecule has 180 valence electrons. The number of carbonyl (C=O) groups excluding carboxylic acids is 2. The molecular weight excluding hydrogens is 463 g/mol. The summed E-state index contributed by atoms with van der Waals surface area (Å²) in [5.74, 6) is -1.65. The van der Waals surface area contributed by atoms with Gasteiger partial charge in [0, 0.05) is 18.1 Å². The van der Waals surface area contributed by atoms with E-state index in [0.717, 1.165) is 23.1 Å². The van der Waals surface area contributed by atoms with E-state index in [2.05, 4.69) is 6.08 Å². The minimum atomic E-state index is -2.19. The fourth-order valence-electron chi connectivity index (χ4n) is 4.41. The molecule has 0 fully saturated rings. The van der Waals surface area contributed by atoms with Crippen LogP contribution in [0.15, 0.2) is 34.9 Å². The second kappa shape index (κ2) is 8.75. The number of hydrogen-bond acceptors (Lipinski definition) is 5. The van der Waals surface area contributed by atoms with Crippen LogP contribution in [0.2, 0.25) is 0 Å². The maximum Gasteiger partial charge on any atom is 0.197 e. The van der Waals surface area contributed by atoms with Crippen molar-refractivity contribution in [3.05, 3.63) is 46.1 Å². The van der Waals surface area contributed by atoms with Crippen molar-refractivity contribution in [2.45, 2.75) is 88.7 Å². The molecule has 2 aliphatic rings. The Balaban J connectivity index is 2.28. The molecule has 1 heterocycles. The molecule has 3 unspecified atom stereocenters. The van der Waals surface area contributed by atoms with Crippen LogP contribution in [-0.4, -0.2) is 43.2 Å². The quantitative estimate of drug-likeness (QED) is 0.335. The summed E-state index contributed by atoms with van der Waals surface area (Å²) >= 11 is 13.3. The number of benzene rings is 1. The Morgan fingerprint density at radius 3 is 2.39 bits per heavy atom. The average molecular weight is 495 g/mol. The predicted molar refractivity (Wildman–Crippen MR) is 131 cm³/mol. The SMILES string of the molecule is CC1=CCC(=C(C)C)CC2(O)C(=O)c3cc(cc(O)c3C(=O)C2(C)Cl)OC(C)(C)C(Cl)CC1. The zero-order valence-electron chi connectivity index (χ0n) is 20.0. The van der Waals surface area contributed by atoms with Crippen molar-refractivity contribution >= 4 is 34.8 Å². The molecule has 1 aromatic carbocycles. The summed E-state index contributed by atoms with van der Waals surface area (Å²) in [7, 11) is 0. The predicted octanol–water partition coefficient (Wildman–Crippen LogP) is 6.12. The standard InChI is InChI=1S/C26H32Cl2O5/c1-14(2)16-9-7-15(3)8-10-20(27)24(4,5)33-17-11-18-21(19(29)12-17)23(31)25(6,28)26(32,13-16)22(18)30/h7,11-12,20,29,32H,8-10,13H2,1-6H3. The number of aromatic hydroxyl groups is 1. The van der Waals surface area contributed by atoms with E-state index in [1.54, 1.807) is 0 Å². The molecule has 1 aliphatic heterocycles. The van der Waals surface area contributed by atoms with Crippen molar-refractivity contribution in [2.75, 3.05) is 0 Å². The van der Waals surface area contributed by atoms with Gasteiger partial charge in [0.05, 0.1) is 10.9 Å². The van der Waals surface area contributed by atoms with Crippen LogP contribution in [0.4, 0.5) is 0 Å². The summed E-state index contributed by atoms with van der Waals surface area (Å²) in [6.07, 6.45) is 3.88. The number of Topliss-reactive ketones (excluding diaryl/α,β-unsaturated/α-hetero) is 2. The lowest BCUT2D eigenvalue weighted by Crippen LogP contribution is -2.62. The van der Waals surface area contributed by atoms with E-state index in [1.165, 1.54) is 19.1 Å². The summed E-state index contributed by atoms with van der Waals surface area (Å²) in [5, 5.41) is 22.0. The molecule has 0 amide bonds. The largest absolute Gasteiger partial charge is 0.507 e. The highest BCUT2D eigenvalue weighted by Gasteiger charge is 2.61. The number of phenols is 1. The van der Waals surface area contributed by atoms with E-state index in [-0.39, 0.29) is 28.7 Å². The lowest BCUT2D eigenvalue weighted by atomic mass is 9.67. The number of ether oxygens (including phenoxy) is 1. The molecule has 5 nitrogen and oxygen atoms in total. The van der Waals surface area contributed by atoms with Crippen LogP contribution < -0.4 is 4.74 Å². The number of hydrogen-bond donors (Lipinski definition) is 2. The van der Waals surface area contributed by atoms with Crippen molar-refractivity contribution < 1.29 is 24.5 Å². The van der Waals surface area contributed by atoms with Gasteiger partial charge in [-0.05, 0) is 66.9 Å². The number of allylic oxidation sites excluding steroid dienone is 3. The first kappa shape index (κ1) is 25.8. The number of alkyl halides is 2. The average Bonchev–Trinajstić information content (AvgIpc) is 2.71. The van der Waals surface area contributed by atoms with E-state index in [1.807, 2.05) is 34.6 Å². The molecule has 3 bridgehead atoms. The van der Waals surface area contributed by atoms with E-state index >= 15 is 0 Å². The van der Waals surface area contributed by atoms with E-state index in [0.29, 0.717) is 12.8 Å². The van der Waals surface area contributed by atoms with Crippen LogP contribution >= 0.6 is 23.2 Å². The Bertz CT molecular complexity index is 1060. The van der Waals surface area contributed by atoms with Crippen LogP contribution in [0.1, 0.15) is 87.9 Å². The van der Waals surface area contributed by atoms with E-state index in [9.17, 15) is 19.8 Å². The number of ketones is 2. The topological polar surface area (TPSA) is 83.8 Å². The van der Waals surface area contributed by atoms with E-state index in [4.69, 9.17) is 27.9 Å². The van der Waals surface area contributed by atoms with Crippen molar-refractivity contribution in [1.29, 1.82) is 0 Å². The molecule has 7 heteroatoms. The molecule has 0 saturated carbocycles. The number of phenolic OH excluding ortho intramolecular Hbond substituents is 1. The first-order chi connectivity index (χ1) is 15.1. The zero-order chi connectivity index (χ0) is 24.9. The molecule has 1 aromatic rings. The maximum atomic E-state index is 13.7. The van der Waals surface area contributed by atoms with Crippen LogP contribution in [0, 0.1) is 0 Å². The number of rotatable bonds is 0. The molecular formula is C26H32Cl2O5. The number of fused-ring (bicyclic) bond motifs is 2. The van der Waals surface area contributed by atoms with Gasteiger partial charge < -0.3 is 14.9 Å². The van der Waals surface area contributed by atoms with Gasteiger partial charge in [-0.15, -0.1) is 23.2 Å². The summed E-state index contributed by atoms with van der Waals surface area (Å²) in [4.78, 5) is 25.1. The van der Waals surface area contributed by atoms with Gasteiger partial charge in [-0.2, -0.15) is 0 Å². The number of aliphatic hydroxyl groups is 1. The third kappa shape index (κ3) is 4.48.